The van der Waals surface area contributed by atoms with Crippen molar-refractivity contribution in [2.45, 2.75) is 43.9 Å². The van der Waals surface area contributed by atoms with E-state index in [2.05, 4.69) is 11.6 Å². The van der Waals surface area contributed by atoms with Crippen LogP contribution in [0.15, 0.2) is 29.2 Å². The summed E-state index contributed by atoms with van der Waals surface area (Å²) in [4.78, 5) is 0.340. The zero-order chi connectivity index (χ0) is 15.3. The molecule has 0 spiro atoms. The highest BCUT2D eigenvalue weighted by Crippen LogP contribution is 2.28. The Labute approximate surface area is 128 Å². The lowest BCUT2D eigenvalue weighted by Crippen LogP contribution is -2.31. The molecule has 1 aliphatic rings. The molecule has 0 saturated heterocycles. The number of sulfonamides is 1. The lowest BCUT2D eigenvalue weighted by Gasteiger charge is -2.26. The van der Waals surface area contributed by atoms with Crippen molar-refractivity contribution in [3.8, 4) is 0 Å². The van der Waals surface area contributed by atoms with E-state index in [1.165, 1.54) is 12.8 Å². The molecule has 0 bridgehead atoms. The Bertz CT molecular complexity index is 532. The van der Waals surface area contributed by atoms with Gasteiger partial charge >= 0.3 is 0 Å². The van der Waals surface area contributed by atoms with Gasteiger partial charge in [-0.3, -0.25) is 0 Å². The van der Waals surface area contributed by atoms with Gasteiger partial charge in [0.1, 0.15) is 0 Å². The molecule has 1 aliphatic carbocycles. The van der Waals surface area contributed by atoms with Crippen LogP contribution < -0.4 is 10.5 Å². The molecular formula is C16H26N2O2S. The first-order valence-electron chi connectivity index (χ1n) is 7.80. The van der Waals surface area contributed by atoms with Crippen LogP contribution in [-0.2, 0) is 16.4 Å². The summed E-state index contributed by atoms with van der Waals surface area (Å²) in [5.41, 5.74) is 6.56. The predicted molar refractivity (Wildman–Crippen MR) is 85.5 cm³/mol. The number of nitrogens with two attached hydrogens (primary N) is 1. The molecule has 0 aliphatic heterocycles. The van der Waals surface area contributed by atoms with Crippen LogP contribution in [0.5, 0.6) is 0 Å². The summed E-state index contributed by atoms with van der Waals surface area (Å²) < 4.78 is 27.3. The van der Waals surface area contributed by atoms with Crippen LogP contribution >= 0.6 is 0 Å². The number of hydrogen-bond donors (Lipinski definition) is 2. The predicted octanol–water partition coefficient (Wildman–Crippen LogP) is 2.29. The second-order valence-corrected chi connectivity index (χ2v) is 7.93. The van der Waals surface area contributed by atoms with Gasteiger partial charge in [-0.15, -0.1) is 0 Å². The van der Waals surface area contributed by atoms with Crippen molar-refractivity contribution in [1.29, 1.82) is 0 Å². The summed E-state index contributed by atoms with van der Waals surface area (Å²) in [7, 11) is -3.39. The van der Waals surface area contributed by atoms with Crippen molar-refractivity contribution in [3.63, 3.8) is 0 Å². The highest BCUT2D eigenvalue weighted by atomic mass is 32.2. The van der Waals surface area contributed by atoms with Gasteiger partial charge in [0.15, 0.2) is 0 Å². The Morgan fingerprint density at radius 1 is 1.14 bits per heavy atom. The molecule has 1 saturated carbocycles. The Morgan fingerprint density at radius 2 is 1.76 bits per heavy atom. The van der Waals surface area contributed by atoms with Crippen LogP contribution in [0.3, 0.4) is 0 Å². The molecule has 0 aromatic heterocycles. The third-order valence-electron chi connectivity index (χ3n) is 4.36. The average molecular weight is 310 g/mol. The van der Waals surface area contributed by atoms with E-state index in [-0.39, 0.29) is 0 Å². The molecule has 5 heteroatoms. The standard InChI is InChI=1S/C16H26N2O2S/c1-13-2-4-15(5-3-13)12-18-21(19,20)16-8-6-14(7-9-16)10-11-17/h6-9,13,15,18H,2-5,10-12,17H2,1H3. The average Bonchev–Trinajstić information content (AvgIpc) is 2.48. The quantitative estimate of drug-likeness (QED) is 0.847. The number of benzene rings is 1. The maximum absolute atomic E-state index is 12.3. The largest absolute Gasteiger partial charge is 0.330 e. The van der Waals surface area contributed by atoms with Crippen molar-refractivity contribution >= 4 is 10.0 Å². The Balaban J connectivity index is 1.91. The summed E-state index contributed by atoms with van der Waals surface area (Å²) in [5.74, 6) is 1.26. The SMILES string of the molecule is CC1CCC(CNS(=O)(=O)c2ccc(CCN)cc2)CC1. The van der Waals surface area contributed by atoms with E-state index < -0.39 is 10.0 Å². The van der Waals surface area contributed by atoms with Crippen LogP contribution in [0.2, 0.25) is 0 Å². The van der Waals surface area contributed by atoms with Crippen molar-refractivity contribution in [1.82, 2.24) is 4.72 Å². The van der Waals surface area contributed by atoms with Crippen LogP contribution in [0.1, 0.15) is 38.2 Å². The van der Waals surface area contributed by atoms with E-state index in [0.29, 0.717) is 23.9 Å². The van der Waals surface area contributed by atoms with Gasteiger partial charge in [0.05, 0.1) is 4.90 Å². The number of nitrogens with one attached hydrogen (secondary N) is 1. The van der Waals surface area contributed by atoms with Crippen LogP contribution in [-0.4, -0.2) is 21.5 Å². The van der Waals surface area contributed by atoms with Crippen LogP contribution in [0, 0.1) is 11.8 Å². The zero-order valence-corrected chi connectivity index (χ0v) is 13.5. The molecule has 0 amide bonds. The van der Waals surface area contributed by atoms with E-state index in [1.807, 2.05) is 12.1 Å². The maximum Gasteiger partial charge on any atom is 0.240 e. The van der Waals surface area contributed by atoms with E-state index in [4.69, 9.17) is 5.73 Å². The van der Waals surface area contributed by atoms with Gasteiger partial charge < -0.3 is 5.73 Å². The molecule has 0 unspecified atom stereocenters. The summed E-state index contributed by atoms with van der Waals surface area (Å²) in [6.45, 7) is 3.40. The first-order valence-corrected chi connectivity index (χ1v) is 9.28. The molecule has 1 aromatic rings. The molecule has 4 nitrogen and oxygen atoms in total. The first-order chi connectivity index (χ1) is 10.0. The molecule has 0 atom stereocenters. The monoisotopic (exact) mass is 310 g/mol. The summed E-state index contributed by atoms with van der Waals surface area (Å²) in [6, 6.07) is 7.00. The lowest BCUT2D eigenvalue weighted by molar-refractivity contribution is 0.290. The minimum Gasteiger partial charge on any atom is -0.330 e. The molecule has 0 heterocycles. The normalized spacial score (nSPS) is 23.1. The van der Waals surface area contributed by atoms with Crippen molar-refractivity contribution in [3.05, 3.63) is 29.8 Å². The highest BCUT2D eigenvalue weighted by molar-refractivity contribution is 7.89. The highest BCUT2D eigenvalue weighted by Gasteiger charge is 2.21. The van der Waals surface area contributed by atoms with Gasteiger partial charge in [0.25, 0.3) is 0 Å². The molecule has 0 radical (unpaired) electrons. The fraction of sp³-hybridized carbons (Fsp3) is 0.625. The van der Waals surface area contributed by atoms with E-state index in [9.17, 15) is 8.42 Å². The molecule has 3 N–H and O–H groups in total. The Kier molecular flexibility index (Phi) is 5.79. The van der Waals surface area contributed by atoms with E-state index >= 15 is 0 Å². The van der Waals surface area contributed by atoms with Crippen LogP contribution in [0.25, 0.3) is 0 Å². The fourth-order valence-corrected chi connectivity index (χ4v) is 3.96. The van der Waals surface area contributed by atoms with Gasteiger partial charge in [-0.25, -0.2) is 13.1 Å². The summed E-state index contributed by atoms with van der Waals surface area (Å²) in [6.07, 6.45) is 5.44. The van der Waals surface area contributed by atoms with Gasteiger partial charge in [-0.1, -0.05) is 31.9 Å². The third kappa shape index (κ3) is 4.80. The molecule has 1 fully saturated rings. The van der Waals surface area contributed by atoms with Crippen molar-refractivity contribution < 1.29 is 8.42 Å². The molecule has 21 heavy (non-hydrogen) atoms. The Hall–Kier alpha value is -0.910. The summed E-state index contributed by atoms with van der Waals surface area (Å²) in [5, 5.41) is 0. The Morgan fingerprint density at radius 3 is 2.33 bits per heavy atom. The summed E-state index contributed by atoms with van der Waals surface area (Å²) >= 11 is 0. The van der Waals surface area contributed by atoms with E-state index in [1.54, 1.807) is 12.1 Å². The lowest BCUT2D eigenvalue weighted by atomic mass is 9.83. The molecule has 118 valence electrons. The molecule has 2 rings (SSSR count). The second kappa shape index (κ2) is 7.38. The van der Waals surface area contributed by atoms with Crippen molar-refractivity contribution in [2.75, 3.05) is 13.1 Å². The zero-order valence-electron chi connectivity index (χ0n) is 12.7. The maximum atomic E-state index is 12.3. The minimum atomic E-state index is -3.39. The van der Waals surface area contributed by atoms with E-state index in [0.717, 1.165) is 30.7 Å². The minimum absolute atomic E-state index is 0.340. The third-order valence-corrected chi connectivity index (χ3v) is 5.80. The van der Waals surface area contributed by atoms with Gasteiger partial charge in [-0.2, -0.15) is 0 Å². The topological polar surface area (TPSA) is 72.2 Å². The number of hydrogen-bond acceptors (Lipinski definition) is 3. The van der Waals surface area contributed by atoms with Crippen molar-refractivity contribution in [2.24, 2.45) is 17.6 Å². The smallest absolute Gasteiger partial charge is 0.240 e. The molecule has 1 aromatic carbocycles. The van der Waals surface area contributed by atoms with Gasteiger partial charge in [0, 0.05) is 6.54 Å². The first kappa shape index (κ1) is 16.5. The second-order valence-electron chi connectivity index (χ2n) is 6.16. The van der Waals surface area contributed by atoms with Gasteiger partial charge in [0.2, 0.25) is 10.0 Å². The number of rotatable bonds is 6. The van der Waals surface area contributed by atoms with Gasteiger partial charge in [-0.05, 0) is 55.3 Å². The fourth-order valence-electron chi connectivity index (χ4n) is 2.85. The molecular weight excluding hydrogens is 284 g/mol. The van der Waals surface area contributed by atoms with Crippen LogP contribution in [0.4, 0.5) is 0 Å².